The molecule has 1 aliphatic heterocycles. The van der Waals surface area contributed by atoms with Gasteiger partial charge >= 0.3 is 0 Å². The summed E-state index contributed by atoms with van der Waals surface area (Å²) < 4.78 is 5.50. The molecule has 1 atom stereocenters. The quantitative estimate of drug-likeness (QED) is 0.570. The third-order valence-electron chi connectivity index (χ3n) is 2.31. The molecule has 1 unspecified atom stereocenters. The molecule has 1 saturated heterocycles. The van der Waals surface area contributed by atoms with Crippen LogP contribution in [0.2, 0.25) is 0 Å². The smallest absolute Gasteiger partial charge is 0.128 e. The van der Waals surface area contributed by atoms with E-state index in [-0.39, 0.29) is 11.5 Å². The lowest BCUT2D eigenvalue weighted by atomic mass is 9.84. The van der Waals surface area contributed by atoms with Crippen molar-refractivity contribution in [2.75, 3.05) is 6.61 Å². The number of hydrogen-bond donors (Lipinski definition) is 0. The van der Waals surface area contributed by atoms with E-state index in [0.717, 1.165) is 25.7 Å². The molecule has 0 N–H and O–H groups in total. The summed E-state index contributed by atoms with van der Waals surface area (Å²) >= 11 is 0. The maximum absolute atomic E-state index is 10.6. The fourth-order valence-corrected chi connectivity index (χ4v) is 1.40. The molecule has 0 saturated carbocycles. The zero-order valence-electron chi connectivity index (χ0n) is 7.30. The second-order valence-electron chi connectivity index (χ2n) is 3.79. The van der Waals surface area contributed by atoms with Crippen molar-refractivity contribution in [1.29, 1.82) is 0 Å². The van der Waals surface area contributed by atoms with Crippen LogP contribution in [0.15, 0.2) is 0 Å². The van der Waals surface area contributed by atoms with Crippen LogP contribution in [0.1, 0.15) is 33.1 Å². The predicted molar refractivity (Wildman–Crippen MR) is 43.4 cm³/mol. The van der Waals surface area contributed by atoms with Gasteiger partial charge in [-0.25, -0.2) is 0 Å². The van der Waals surface area contributed by atoms with Gasteiger partial charge in [-0.05, 0) is 19.3 Å². The Kier molecular flexibility index (Phi) is 2.66. The minimum absolute atomic E-state index is 0.147. The number of aldehydes is 1. The summed E-state index contributed by atoms with van der Waals surface area (Å²) in [6.07, 6.45) is 4.52. The number of rotatable bonds is 2. The molecule has 64 valence electrons. The van der Waals surface area contributed by atoms with E-state index < -0.39 is 0 Å². The van der Waals surface area contributed by atoms with Crippen molar-refractivity contribution in [3.05, 3.63) is 0 Å². The van der Waals surface area contributed by atoms with E-state index in [4.69, 9.17) is 4.74 Å². The monoisotopic (exact) mass is 156 g/mol. The molecule has 0 aliphatic carbocycles. The third-order valence-corrected chi connectivity index (χ3v) is 2.31. The highest BCUT2D eigenvalue weighted by Gasteiger charge is 2.30. The second-order valence-corrected chi connectivity index (χ2v) is 3.79. The summed E-state index contributed by atoms with van der Waals surface area (Å²) in [4.78, 5) is 10.6. The lowest BCUT2D eigenvalue weighted by Gasteiger charge is -2.32. The summed E-state index contributed by atoms with van der Waals surface area (Å²) in [6.45, 7) is 4.70. The maximum atomic E-state index is 10.6. The van der Waals surface area contributed by atoms with E-state index >= 15 is 0 Å². The second kappa shape index (κ2) is 3.35. The van der Waals surface area contributed by atoms with Crippen LogP contribution in [-0.4, -0.2) is 19.0 Å². The van der Waals surface area contributed by atoms with Gasteiger partial charge in [0, 0.05) is 12.0 Å². The highest BCUT2D eigenvalue weighted by atomic mass is 16.5. The first kappa shape index (κ1) is 8.72. The van der Waals surface area contributed by atoms with Crippen LogP contribution >= 0.6 is 0 Å². The summed E-state index contributed by atoms with van der Waals surface area (Å²) in [5.41, 5.74) is -0.291. The van der Waals surface area contributed by atoms with Crippen LogP contribution in [0.25, 0.3) is 0 Å². The topological polar surface area (TPSA) is 26.3 Å². The van der Waals surface area contributed by atoms with E-state index in [1.807, 2.05) is 13.8 Å². The fourth-order valence-electron chi connectivity index (χ4n) is 1.40. The lowest BCUT2D eigenvalue weighted by molar-refractivity contribution is -0.126. The van der Waals surface area contributed by atoms with Crippen molar-refractivity contribution in [3.8, 4) is 0 Å². The summed E-state index contributed by atoms with van der Waals surface area (Å²) in [5, 5.41) is 0. The van der Waals surface area contributed by atoms with Gasteiger partial charge in [0.15, 0.2) is 0 Å². The number of hydrogen-bond acceptors (Lipinski definition) is 2. The molecule has 0 aromatic carbocycles. The fraction of sp³-hybridized carbons (Fsp3) is 0.889. The molecule has 2 nitrogen and oxygen atoms in total. The summed E-state index contributed by atoms with van der Waals surface area (Å²) in [5.74, 6) is 0. The van der Waals surface area contributed by atoms with E-state index in [2.05, 4.69) is 0 Å². The lowest BCUT2D eigenvalue weighted by Crippen LogP contribution is -2.35. The SMILES string of the molecule is CC(C)(C=O)C1CCCCO1. The van der Waals surface area contributed by atoms with Gasteiger partial charge in [0.1, 0.15) is 6.29 Å². The Morgan fingerprint density at radius 3 is 2.64 bits per heavy atom. The Morgan fingerprint density at radius 2 is 2.18 bits per heavy atom. The Morgan fingerprint density at radius 1 is 1.45 bits per heavy atom. The molecule has 1 heterocycles. The molecule has 1 aliphatic rings. The number of carbonyl (C=O) groups is 1. The van der Waals surface area contributed by atoms with Gasteiger partial charge in [0.05, 0.1) is 6.10 Å². The standard InChI is InChI=1S/C9H16O2/c1-9(2,7-10)8-5-3-4-6-11-8/h7-8H,3-6H2,1-2H3. The van der Waals surface area contributed by atoms with E-state index in [1.165, 1.54) is 6.42 Å². The van der Waals surface area contributed by atoms with Crippen molar-refractivity contribution in [3.63, 3.8) is 0 Å². The van der Waals surface area contributed by atoms with Gasteiger partial charge in [-0.1, -0.05) is 13.8 Å². The van der Waals surface area contributed by atoms with Crippen molar-refractivity contribution in [2.24, 2.45) is 5.41 Å². The molecule has 2 heteroatoms. The van der Waals surface area contributed by atoms with Crippen LogP contribution in [0.4, 0.5) is 0 Å². The van der Waals surface area contributed by atoms with Crippen molar-refractivity contribution >= 4 is 6.29 Å². The third kappa shape index (κ3) is 2.03. The Bertz CT molecular complexity index is 134. The molecular weight excluding hydrogens is 140 g/mol. The van der Waals surface area contributed by atoms with Crippen LogP contribution < -0.4 is 0 Å². The average molecular weight is 156 g/mol. The van der Waals surface area contributed by atoms with E-state index in [0.29, 0.717) is 0 Å². The first-order chi connectivity index (χ1) is 5.17. The van der Waals surface area contributed by atoms with Crippen molar-refractivity contribution in [1.82, 2.24) is 0 Å². The largest absolute Gasteiger partial charge is 0.377 e. The van der Waals surface area contributed by atoms with Gasteiger partial charge in [0.25, 0.3) is 0 Å². The molecule has 0 aromatic heterocycles. The molecule has 0 spiro atoms. The highest BCUT2D eigenvalue weighted by molar-refractivity contribution is 5.59. The molecule has 1 fully saturated rings. The molecular formula is C9H16O2. The van der Waals surface area contributed by atoms with Gasteiger partial charge < -0.3 is 9.53 Å². The maximum Gasteiger partial charge on any atom is 0.128 e. The van der Waals surface area contributed by atoms with Crippen LogP contribution in [-0.2, 0) is 9.53 Å². The van der Waals surface area contributed by atoms with Crippen LogP contribution in [0.5, 0.6) is 0 Å². The van der Waals surface area contributed by atoms with Crippen LogP contribution in [0.3, 0.4) is 0 Å². The molecule has 11 heavy (non-hydrogen) atoms. The zero-order valence-corrected chi connectivity index (χ0v) is 7.30. The van der Waals surface area contributed by atoms with Crippen molar-refractivity contribution in [2.45, 2.75) is 39.2 Å². The normalized spacial score (nSPS) is 26.5. The van der Waals surface area contributed by atoms with Gasteiger partial charge in [-0.15, -0.1) is 0 Å². The Balaban J connectivity index is 2.50. The first-order valence-corrected chi connectivity index (χ1v) is 4.25. The molecule has 0 aromatic rings. The van der Waals surface area contributed by atoms with Gasteiger partial charge in [0.2, 0.25) is 0 Å². The predicted octanol–water partition coefficient (Wildman–Crippen LogP) is 1.78. The number of ether oxygens (including phenoxy) is 1. The van der Waals surface area contributed by atoms with E-state index in [1.54, 1.807) is 0 Å². The Hall–Kier alpha value is -0.370. The summed E-state index contributed by atoms with van der Waals surface area (Å²) in [6, 6.07) is 0. The molecule has 0 amide bonds. The molecule has 0 bridgehead atoms. The average Bonchev–Trinajstić information content (AvgIpc) is 2.06. The van der Waals surface area contributed by atoms with Crippen molar-refractivity contribution < 1.29 is 9.53 Å². The zero-order chi connectivity index (χ0) is 8.32. The highest BCUT2D eigenvalue weighted by Crippen LogP contribution is 2.27. The van der Waals surface area contributed by atoms with Gasteiger partial charge in [-0.2, -0.15) is 0 Å². The minimum atomic E-state index is -0.291. The molecule has 1 rings (SSSR count). The number of carbonyl (C=O) groups excluding carboxylic acids is 1. The van der Waals surface area contributed by atoms with E-state index in [9.17, 15) is 4.79 Å². The minimum Gasteiger partial charge on any atom is -0.377 e. The Labute approximate surface area is 67.9 Å². The first-order valence-electron chi connectivity index (χ1n) is 4.25. The summed E-state index contributed by atoms with van der Waals surface area (Å²) in [7, 11) is 0. The molecule has 0 radical (unpaired) electrons. The van der Waals surface area contributed by atoms with Crippen LogP contribution in [0, 0.1) is 5.41 Å². The van der Waals surface area contributed by atoms with Gasteiger partial charge in [-0.3, -0.25) is 0 Å².